The summed E-state index contributed by atoms with van der Waals surface area (Å²) in [4.78, 5) is 16.9. The van der Waals surface area contributed by atoms with Gasteiger partial charge < -0.3 is 14.6 Å². The lowest BCUT2D eigenvalue weighted by molar-refractivity contribution is -0.115. The van der Waals surface area contributed by atoms with Gasteiger partial charge in [0.15, 0.2) is 5.16 Å². The van der Waals surface area contributed by atoms with Gasteiger partial charge in [-0.1, -0.05) is 23.4 Å². The van der Waals surface area contributed by atoms with Crippen molar-refractivity contribution >= 4 is 35.0 Å². The Kier molecular flexibility index (Phi) is 6.87. The molecule has 1 aromatic carbocycles. The van der Waals surface area contributed by atoms with Gasteiger partial charge in [-0.25, -0.2) is 9.37 Å². The van der Waals surface area contributed by atoms with Crippen molar-refractivity contribution in [3.05, 3.63) is 40.4 Å². The monoisotopic (exact) mass is 385 g/mol. The Labute approximate surface area is 155 Å². The van der Waals surface area contributed by atoms with Gasteiger partial charge in [0, 0.05) is 25.0 Å². The molecular formula is C17H21ClFN3O2S. The van der Waals surface area contributed by atoms with Crippen molar-refractivity contribution in [3.63, 3.8) is 0 Å². The molecule has 1 amide bonds. The van der Waals surface area contributed by atoms with Crippen molar-refractivity contribution in [2.75, 3.05) is 19.0 Å². The molecule has 1 unspecified atom stereocenters. The minimum absolute atomic E-state index is 0.0283. The second kappa shape index (κ2) is 8.69. The van der Waals surface area contributed by atoms with Crippen LogP contribution < -0.4 is 5.32 Å². The van der Waals surface area contributed by atoms with E-state index in [4.69, 9.17) is 16.3 Å². The number of hydrogen-bond acceptors (Lipinski definition) is 4. The Morgan fingerprint density at radius 3 is 2.84 bits per heavy atom. The van der Waals surface area contributed by atoms with E-state index in [1.54, 1.807) is 14.0 Å². The van der Waals surface area contributed by atoms with E-state index in [1.165, 1.54) is 30.0 Å². The third kappa shape index (κ3) is 4.96. The van der Waals surface area contributed by atoms with Gasteiger partial charge in [0.2, 0.25) is 5.91 Å². The number of nitrogens with zero attached hydrogens (tertiary/aromatic N) is 2. The van der Waals surface area contributed by atoms with Gasteiger partial charge in [-0.15, -0.1) is 0 Å². The van der Waals surface area contributed by atoms with Crippen LogP contribution in [0.15, 0.2) is 23.4 Å². The van der Waals surface area contributed by atoms with Gasteiger partial charge in [-0.3, -0.25) is 4.79 Å². The molecule has 25 heavy (non-hydrogen) atoms. The summed E-state index contributed by atoms with van der Waals surface area (Å²) in [5.74, 6) is -0.725. The molecule has 5 nitrogen and oxygen atoms in total. The number of benzene rings is 1. The van der Waals surface area contributed by atoms with Crippen LogP contribution in [0.4, 0.5) is 10.1 Å². The van der Waals surface area contributed by atoms with E-state index in [2.05, 4.69) is 10.3 Å². The third-order valence-corrected chi connectivity index (χ3v) is 5.16. The minimum Gasteiger partial charge on any atom is -0.383 e. The van der Waals surface area contributed by atoms with Crippen molar-refractivity contribution in [3.8, 4) is 0 Å². The number of ether oxygens (including phenoxy) is 1. The van der Waals surface area contributed by atoms with E-state index >= 15 is 0 Å². The summed E-state index contributed by atoms with van der Waals surface area (Å²) in [6.45, 7) is 6.97. The minimum atomic E-state index is -0.520. The van der Waals surface area contributed by atoms with Crippen LogP contribution in [0, 0.1) is 19.7 Å². The molecule has 0 aliphatic carbocycles. The Morgan fingerprint density at radius 1 is 1.48 bits per heavy atom. The van der Waals surface area contributed by atoms with Gasteiger partial charge in [0.1, 0.15) is 5.82 Å². The predicted octanol–water partition coefficient (Wildman–Crippen LogP) is 4.06. The number of imidazole rings is 1. The molecule has 136 valence electrons. The Morgan fingerprint density at radius 2 is 2.20 bits per heavy atom. The lowest BCUT2D eigenvalue weighted by Crippen LogP contribution is -2.23. The number of rotatable bonds is 7. The van der Waals surface area contributed by atoms with Crippen LogP contribution in [-0.4, -0.2) is 34.4 Å². The summed E-state index contributed by atoms with van der Waals surface area (Å²) in [7, 11) is 1.65. The highest BCUT2D eigenvalue weighted by Gasteiger charge is 2.20. The average molecular weight is 386 g/mol. The summed E-state index contributed by atoms with van der Waals surface area (Å²) >= 11 is 7.11. The van der Waals surface area contributed by atoms with Crippen LogP contribution in [0.2, 0.25) is 5.02 Å². The van der Waals surface area contributed by atoms with Gasteiger partial charge in [0.25, 0.3) is 0 Å². The summed E-state index contributed by atoms with van der Waals surface area (Å²) in [6.07, 6.45) is 0. The maximum absolute atomic E-state index is 13.2. The number of amides is 1. The number of thioether (sulfide) groups is 1. The average Bonchev–Trinajstić information content (AvgIpc) is 2.83. The SMILES string of the molecule is COCCn1c(SC(C)C(=O)Nc2ccc(F)c(Cl)c2)nc(C)c1C. The molecule has 0 radical (unpaired) electrons. The molecule has 2 aromatic rings. The highest BCUT2D eigenvalue weighted by atomic mass is 35.5. The zero-order chi connectivity index (χ0) is 18.6. The van der Waals surface area contributed by atoms with Crippen LogP contribution in [0.5, 0.6) is 0 Å². The van der Waals surface area contributed by atoms with Crippen molar-refractivity contribution in [1.29, 1.82) is 0 Å². The van der Waals surface area contributed by atoms with Crippen LogP contribution in [-0.2, 0) is 16.1 Å². The van der Waals surface area contributed by atoms with Gasteiger partial charge in [-0.05, 0) is 39.0 Å². The fraction of sp³-hybridized carbons (Fsp3) is 0.412. The Hall–Kier alpha value is -1.57. The number of anilines is 1. The summed E-state index contributed by atoms with van der Waals surface area (Å²) in [5.41, 5.74) is 2.44. The number of carbonyl (C=O) groups excluding carboxylic acids is 1. The lowest BCUT2D eigenvalue weighted by atomic mass is 10.3. The first-order valence-corrected chi connectivity index (χ1v) is 9.04. The van der Waals surface area contributed by atoms with E-state index in [9.17, 15) is 9.18 Å². The van der Waals surface area contributed by atoms with Crippen LogP contribution >= 0.6 is 23.4 Å². The normalized spacial score (nSPS) is 12.2. The van der Waals surface area contributed by atoms with Crippen molar-refractivity contribution < 1.29 is 13.9 Å². The number of aromatic nitrogens is 2. The fourth-order valence-corrected chi connectivity index (χ4v) is 3.40. The number of methoxy groups -OCH3 is 1. The first kappa shape index (κ1) is 19.8. The molecule has 1 N–H and O–H groups in total. The number of halogens is 2. The molecule has 1 aromatic heterocycles. The molecular weight excluding hydrogens is 365 g/mol. The van der Waals surface area contributed by atoms with Crippen molar-refractivity contribution in [1.82, 2.24) is 9.55 Å². The molecule has 0 aliphatic heterocycles. The van der Waals surface area contributed by atoms with Crippen LogP contribution in [0.1, 0.15) is 18.3 Å². The number of hydrogen-bond donors (Lipinski definition) is 1. The van der Waals surface area contributed by atoms with Crippen LogP contribution in [0.25, 0.3) is 0 Å². The largest absolute Gasteiger partial charge is 0.383 e. The van der Waals surface area contributed by atoms with E-state index in [0.29, 0.717) is 18.8 Å². The van der Waals surface area contributed by atoms with Crippen molar-refractivity contribution in [2.24, 2.45) is 0 Å². The van der Waals surface area contributed by atoms with E-state index < -0.39 is 5.82 Å². The molecule has 1 atom stereocenters. The zero-order valence-electron chi connectivity index (χ0n) is 14.6. The highest BCUT2D eigenvalue weighted by molar-refractivity contribution is 8.00. The molecule has 0 saturated heterocycles. The molecule has 2 rings (SSSR count). The van der Waals surface area contributed by atoms with Crippen molar-refractivity contribution in [2.45, 2.75) is 37.7 Å². The number of aryl methyl sites for hydroxylation is 1. The standard InChI is InChI=1S/C17H21ClFN3O2S/c1-10-11(2)22(7-8-24-4)17(20-10)25-12(3)16(23)21-13-5-6-15(19)14(18)9-13/h5-6,9,12H,7-8H2,1-4H3,(H,21,23). The first-order chi connectivity index (χ1) is 11.8. The lowest BCUT2D eigenvalue weighted by Gasteiger charge is -2.14. The molecule has 0 bridgehead atoms. The number of carbonyl (C=O) groups is 1. The van der Waals surface area contributed by atoms with Gasteiger partial charge in [-0.2, -0.15) is 0 Å². The van der Waals surface area contributed by atoms with Gasteiger partial charge in [0.05, 0.1) is 22.6 Å². The van der Waals surface area contributed by atoms with Crippen LogP contribution in [0.3, 0.4) is 0 Å². The predicted molar refractivity (Wildman–Crippen MR) is 98.9 cm³/mol. The molecule has 1 heterocycles. The first-order valence-electron chi connectivity index (χ1n) is 7.78. The molecule has 0 fully saturated rings. The molecule has 0 aliphatic rings. The number of nitrogens with one attached hydrogen (secondary N) is 1. The summed E-state index contributed by atoms with van der Waals surface area (Å²) in [6, 6.07) is 4.09. The second-order valence-corrected chi connectivity index (χ2v) is 7.30. The topological polar surface area (TPSA) is 56.1 Å². The van der Waals surface area contributed by atoms with E-state index in [0.717, 1.165) is 16.5 Å². The maximum atomic E-state index is 13.2. The smallest absolute Gasteiger partial charge is 0.237 e. The van der Waals surface area contributed by atoms with Gasteiger partial charge >= 0.3 is 0 Å². The molecule has 0 spiro atoms. The molecule has 8 heteroatoms. The fourth-order valence-electron chi connectivity index (χ4n) is 2.19. The highest BCUT2D eigenvalue weighted by Crippen LogP contribution is 2.26. The Balaban J connectivity index is 2.08. The quantitative estimate of drug-likeness (QED) is 0.730. The zero-order valence-corrected chi connectivity index (χ0v) is 16.2. The molecule has 0 saturated carbocycles. The maximum Gasteiger partial charge on any atom is 0.237 e. The van der Waals surface area contributed by atoms with E-state index in [-0.39, 0.29) is 16.2 Å². The second-order valence-electron chi connectivity index (χ2n) is 5.59. The third-order valence-electron chi connectivity index (χ3n) is 3.78. The van der Waals surface area contributed by atoms with E-state index in [1.807, 2.05) is 18.4 Å². The Bertz CT molecular complexity index is 767. The summed E-state index contributed by atoms with van der Waals surface area (Å²) < 4.78 is 20.4. The summed E-state index contributed by atoms with van der Waals surface area (Å²) in [5, 5.41) is 3.10.